The summed E-state index contributed by atoms with van der Waals surface area (Å²) in [6, 6.07) is 48.0. The highest BCUT2D eigenvalue weighted by atomic mass is 15.2. The van der Waals surface area contributed by atoms with Crippen LogP contribution in [0.25, 0.3) is 65.9 Å². The number of hydrogen-bond acceptors (Lipinski definition) is 2. The molecule has 0 fully saturated rings. The lowest BCUT2D eigenvalue weighted by molar-refractivity contribution is 0.817. The number of amidine groups is 1. The van der Waals surface area contributed by atoms with E-state index in [0.717, 1.165) is 45.0 Å². The van der Waals surface area contributed by atoms with Gasteiger partial charge in [0.25, 0.3) is 0 Å². The van der Waals surface area contributed by atoms with Crippen molar-refractivity contribution in [2.24, 2.45) is 4.99 Å². The lowest BCUT2D eigenvalue weighted by Crippen LogP contribution is -2.39. The van der Waals surface area contributed by atoms with E-state index in [1.807, 2.05) is 0 Å². The SMILES string of the molecule is C1=CC2=C(n3c4ccccc4c4cc5ccccc5cc43)N=C(c3ccc4c5ccccc5n(-c5ccccc5)c4c3)NC2C=C1. The van der Waals surface area contributed by atoms with Gasteiger partial charge in [0, 0.05) is 38.4 Å². The van der Waals surface area contributed by atoms with Crippen LogP contribution in [0.5, 0.6) is 0 Å². The zero-order valence-electron chi connectivity index (χ0n) is 24.9. The zero-order valence-corrected chi connectivity index (χ0v) is 24.9. The van der Waals surface area contributed by atoms with Crippen molar-refractivity contribution in [2.45, 2.75) is 6.04 Å². The van der Waals surface area contributed by atoms with E-state index < -0.39 is 0 Å². The molecule has 0 saturated carbocycles. The molecule has 2 aliphatic rings. The molecule has 0 saturated heterocycles. The Morgan fingerprint density at radius 1 is 0.522 bits per heavy atom. The van der Waals surface area contributed by atoms with Gasteiger partial charge in [-0.2, -0.15) is 0 Å². The molecule has 8 aromatic rings. The molecule has 1 aliphatic heterocycles. The Balaban J connectivity index is 1.24. The Hall–Kier alpha value is -6.13. The second-order valence-corrected chi connectivity index (χ2v) is 12.1. The van der Waals surface area contributed by atoms with E-state index in [1.54, 1.807) is 0 Å². The molecule has 0 spiro atoms. The van der Waals surface area contributed by atoms with Crippen molar-refractivity contribution in [1.82, 2.24) is 14.5 Å². The van der Waals surface area contributed by atoms with E-state index in [9.17, 15) is 0 Å². The number of allylic oxidation sites excluding steroid dienone is 2. The summed E-state index contributed by atoms with van der Waals surface area (Å²) in [7, 11) is 0. The highest BCUT2D eigenvalue weighted by Crippen LogP contribution is 2.38. The van der Waals surface area contributed by atoms with Crippen molar-refractivity contribution >= 4 is 66.0 Å². The topological polar surface area (TPSA) is 34.2 Å². The van der Waals surface area contributed by atoms with Crippen molar-refractivity contribution < 1.29 is 0 Å². The van der Waals surface area contributed by atoms with E-state index in [-0.39, 0.29) is 6.04 Å². The van der Waals surface area contributed by atoms with Crippen molar-refractivity contribution in [3.8, 4) is 5.69 Å². The molecule has 4 heteroatoms. The molecule has 10 rings (SSSR count). The lowest BCUT2D eigenvalue weighted by atomic mass is 9.99. The first-order valence-electron chi connectivity index (χ1n) is 15.8. The summed E-state index contributed by atoms with van der Waals surface area (Å²) in [4.78, 5) is 5.48. The third kappa shape index (κ3) is 3.64. The molecule has 46 heavy (non-hydrogen) atoms. The Labute approximate surface area is 265 Å². The molecule has 3 heterocycles. The maximum Gasteiger partial charge on any atom is 0.145 e. The number of para-hydroxylation sites is 3. The summed E-state index contributed by atoms with van der Waals surface area (Å²) in [5, 5.41) is 11.2. The van der Waals surface area contributed by atoms with Gasteiger partial charge in [0.2, 0.25) is 0 Å². The van der Waals surface area contributed by atoms with Crippen molar-refractivity contribution in [1.29, 1.82) is 0 Å². The highest BCUT2D eigenvalue weighted by Gasteiger charge is 2.27. The van der Waals surface area contributed by atoms with Gasteiger partial charge in [0.1, 0.15) is 11.7 Å². The molecule has 4 nitrogen and oxygen atoms in total. The second kappa shape index (κ2) is 9.68. The molecule has 0 amide bonds. The molecule has 6 aromatic carbocycles. The maximum absolute atomic E-state index is 5.48. The molecule has 1 N–H and O–H groups in total. The van der Waals surface area contributed by atoms with Gasteiger partial charge >= 0.3 is 0 Å². The largest absolute Gasteiger partial charge is 0.359 e. The Bertz CT molecular complexity index is 2660. The van der Waals surface area contributed by atoms with Gasteiger partial charge in [-0.25, -0.2) is 4.99 Å². The molecule has 2 aromatic heterocycles. The fraction of sp³-hybridized carbons (Fsp3) is 0.0238. The van der Waals surface area contributed by atoms with Crippen LogP contribution < -0.4 is 5.32 Å². The normalized spacial score (nSPS) is 16.1. The number of nitrogens with one attached hydrogen (secondary N) is 1. The summed E-state index contributed by atoms with van der Waals surface area (Å²) in [6.45, 7) is 0. The second-order valence-electron chi connectivity index (χ2n) is 12.1. The van der Waals surface area contributed by atoms with Crippen LogP contribution in [0.1, 0.15) is 5.56 Å². The Morgan fingerprint density at radius 3 is 2.00 bits per heavy atom. The van der Waals surface area contributed by atoms with Crippen LogP contribution in [0.3, 0.4) is 0 Å². The van der Waals surface area contributed by atoms with Gasteiger partial charge in [0.15, 0.2) is 0 Å². The molecule has 1 atom stereocenters. The fourth-order valence-corrected chi connectivity index (χ4v) is 7.41. The smallest absolute Gasteiger partial charge is 0.145 e. The Morgan fingerprint density at radius 2 is 1.17 bits per heavy atom. The quantitative estimate of drug-likeness (QED) is 0.219. The molecule has 1 unspecified atom stereocenters. The van der Waals surface area contributed by atoms with Crippen LogP contribution in [0, 0.1) is 0 Å². The third-order valence-electron chi connectivity index (χ3n) is 9.51. The first-order chi connectivity index (χ1) is 22.8. The van der Waals surface area contributed by atoms with Crippen molar-refractivity contribution in [3.05, 3.63) is 169 Å². The maximum atomic E-state index is 5.48. The van der Waals surface area contributed by atoms with Crippen molar-refractivity contribution in [2.75, 3.05) is 0 Å². The Kier molecular flexibility index (Phi) is 5.31. The number of fused-ring (bicyclic) bond motifs is 8. The van der Waals surface area contributed by atoms with E-state index >= 15 is 0 Å². The fourth-order valence-electron chi connectivity index (χ4n) is 7.41. The van der Waals surface area contributed by atoms with E-state index in [1.165, 1.54) is 37.8 Å². The summed E-state index contributed by atoms with van der Waals surface area (Å²) in [5.74, 6) is 1.81. The number of aliphatic imine (C=N–C) groups is 1. The third-order valence-corrected chi connectivity index (χ3v) is 9.51. The predicted molar refractivity (Wildman–Crippen MR) is 193 cm³/mol. The van der Waals surface area contributed by atoms with Gasteiger partial charge in [0.05, 0.1) is 28.1 Å². The monoisotopic (exact) mass is 588 g/mol. The van der Waals surface area contributed by atoms with Crippen LogP contribution in [-0.2, 0) is 0 Å². The summed E-state index contributed by atoms with van der Waals surface area (Å²) >= 11 is 0. The first-order valence-corrected chi connectivity index (χ1v) is 15.8. The number of rotatable bonds is 3. The van der Waals surface area contributed by atoms with Crippen molar-refractivity contribution in [3.63, 3.8) is 0 Å². The van der Waals surface area contributed by atoms with Gasteiger partial charge in [-0.3, -0.25) is 4.57 Å². The minimum atomic E-state index is -0.000142. The van der Waals surface area contributed by atoms with Gasteiger partial charge in [-0.15, -0.1) is 0 Å². The summed E-state index contributed by atoms with van der Waals surface area (Å²) in [6.07, 6.45) is 8.66. The summed E-state index contributed by atoms with van der Waals surface area (Å²) < 4.78 is 4.73. The van der Waals surface area contributed by atoms with E-state index in [4.69, 9.17) is 4.99 Å². The number of benzene rings is 6. The van der Waals surface area contributed by atoms with Gasteiger partial charge in [-0.05, 0) is 53.2 Å². The van der Waals surface area contributed by atoms with Gasteiger partial charge < -0.3 is 9.88 Å². The van der Waals surface area contributed by atoms with E-state index in [2.05, 4.69) is 172 Å². The molecule has 1 aliphatic carbocycles. The molecular formula is C42H28N4. The standard InChI is InChI=1S/C42H28N4/c1-2-14-30(15-3-1)45-37-20-10-7-16-31(37)33-23-22-29(26-39(33)45)41-43-36-19-9-6-18-34(36)42(44-41)46-38-21-11-8-17-32(38)35-24-27-12-4-5-13-28(27)25-40(35)46/h1-26,36H,(H,43,44). The first kappa shape index (κ1) is 25.2. The average Bonchev–Trinajstić information content (AvgIpc) is 3.62. The molecular weight excluding hydrogens is 560 g/mol. The van der Waals surface area contributed by atoms with E-state index in [0.29, 0.717) is 0 Å². The predicted octanol–water partition coefficient (Wildman–Crippen LogP) is 9.76. The number of hydrogen-bond donors (Lipinski definition) is 1. The summed E-state index contributed by atoms with van der Waals surface area (Å²) in [5.41, 5.74) is 8.02. The minimum absolute atomic E-state index is 0.000142. The molecule has 0 radical (unpaired) electrons. The van der Waals surface area contributed by atoms with Crippen LogP contribution in [-0.4, -0.2) is 21.0 Å². The zero-order chi connectivity index (χ0) is 30.2. The van der Waals surface area contributed by atoms with Crippen LogP contribution >= 0.6 is 0 Å². The minimum Gasteiger partial charge on any atom is -0.359 e. The highest BCUT2D eigenvalue weighted by molar-refractivity contribution is 6.16. The van der Waals surface area contributed by atoms with Crippen LogP contribution in [0.2, 0.25) is 0 Å². The molecule has 216 valence electrons. The van der Waals surface area contributed by atoms with Crippen LogP contribution in [0.4, 0.5) is 0 Å². The average molecular weight is 589 g/mol. The molecule has 0 bridgehead atoms. The lowest BCUT2D eigenvalue weighted by Gasteiger charge is -2.28. The van der Waals surface area contributed by atoms with Crippen LogP contribution in [0.15, 0.2) is 168 Å². The number of aromatic nitrogens is 2. The number of nitrogens with zero attached hydrogens (tertiary/aromatic N) is 3. The van der Waals surface area contributed by atoms with Gasteiger partial charge in [-0.1, -0.05) is 115 Å².